The number of piperidine rings is 1. The summed E-state index contributed by atoms with van der Waals surface area (Å²) >= 11 is 0. The van der Waals surface area contributed by atoms with Gasteiger partial charge in [0.1, 0.15) is 0 Å². The summed E-state index contributed by atoms with van der Waals surface area (Å²) in [6, 6.07) is 9.39. The van der Waals surface area contributed by atoms with Gasteiger partial charge in [-0.2, -0.15) is 0 Å². The van der Waals surface area contributed by atoms with Crippen molar-refractivity contribution < 1.29 is 0 Å². The van der Waals surface area contributed by atoms with E-state index in [1.54, 1.807) is 0 Å². The molecule has 1 fully saturated rings. The maximum absolute atomic E-state index is 3.39. The van der Waals surface area contributed by atoms with Gasteiger partial charge in [-0.1, -0.05) is 24.3 Å². The zero-order valence-corrected chi connectivity index (χ0v) is 10.4. The zero-order chi connectivity index (χ0) is 11.4. The lowest BCUT2D eigenvalue weighted by Crippen LogP contribution is -2.43. The van der Waals surface area contributed by atoms with Gasteiger partial charge in [0.15, 0.2) is 0 Å². The third-order valence-corrected chi connectivity index (χ3v) is 3.57. The van der Waals surface area contributed by atoms with Gasteiger partial charge in [-0.15, -0.1) is 0 Å². The van der Waals surface area contributed by atoms with Crippen LogP contribution in [0.5, 0.6) is 0 Å². The van der Waals surface area contributed by atoms with Gasteiger partial charge in [-0.05, 0) is 44.5 Å². The fraction of sp³-hybridized carbons (Fsp3) is 0.571. The van der Waals surface area contributed by atoms with Crippen LogP contribution in [-0.4, -0.2) is 31.1 Å². The summed E-state index contributed by atoms with van der Waals surface area (Å²) in [6.45, 7) is 5.73. The van der Waals surface area contributed by atoms with Crippen LogP contribution in [0.15, 0.2) is 24.3 Å². The molecule has 0 saturated carbocycles. The van der Waals surface area contributed by atoms with Crippen molar-refractivity contribution in [3.63, 3.8) is 0 Å². The molecule has 1 atom stereocenters. The van der Waals surface area contributed by atoms with Crippen LogP contribution in [0.25, 0.3) is 0 Å². The highest BCUT2D eigenvalue weighted by molar-refractivity contribution is 5.25. The van der Waals surface area contributed by atoms with E-state index in [4.69, 9.17) is 0 Å². The Kier molecular flexibility index (Phi) is 3.97. The molecule has 16 heavy (non-hydrogen) atoms. The Morgan fingerprint density at radius 2 is 2.19 bits per heavy atom. The molecule has 0 aromatic heterocycles. The normalized spacial score (nSPS) is 22.2. The van der Waals surface area contributed by atoms with Crippen LogP contribution < -0.4 is 5.32 Å². The molecule has 1 heterocycles. The predicted octanol–water partition coefficient (Wildman–Crippen LogP) is 2.18. The van der Waals surface area contributed by atoms with Crippen molar-refractivity contribution in [1.29, 1.82) is 0 Å². The van der Waals surface area contributed by atoms with E-state index in [1.165, 1.54) is 37.1 Å². The molecule has 1 aromatic rings. The minimum absolute atomic E-state index is 0.678. The minimum Gasteiger partial charge on any atom is -0.316 e. The van der Waals surface area contributed by atoms with Gasteiger partial charge in [-0.3, -0.25) is 4.90 Å². The van der Waals surface area contributed by atoms with Crippen LogP contribution >= 0.6 is 0 Å². The highest BCUT2D eigenvalue weighted by Gasteiger charge is 2.18. The topological polar surface area (TPSA) is 15.3 Å². The van der Waals surface area contributed by atoms with Crippen molar-refractivity contribution in [2.24, 2.45) is 0 Å². The molecular weight excluding hydrogens is 196 g/mol. The van der Waals surface area contributed by atoms with Crippen molar-refractivity contribution >= 4 is 0 Å². The number of hydrogen-bond acceptors (Lipinski definition) is 2. The number of hydrogen-bond donors (Lipinski definition) is 1. The number of rotatable bonds is 3. The number of nitrogens with zero attached hydrogens (tertiary/aromatic N) is 1. The van der Waals surface area contributed by atoms with E-state index >= 15 is 0 Å². The Bertz CT molecular complexity index is 335. The molecule has 1 saturated heterocycles. The van der Waals surface area contributed by atoms with E-state index in [-0.39, 0.29) is 0 Å². The maximum atomic E-state index is 3.39. The minimum atomic E-state index is 0.678. The molecule has 0 unspecified atom stereocenters. The van der Waals surface area contributed by atoms with E-state index in [2.05, 4.69) is 48.5 Å². The first kappa shape index (κ1) is 11.6. The van der Waals surface area contributed by atoms with Gasteiger partial charge in [0.05, 0.1) is 0 Å². The third kappa shape index (κ3) is 2.83. The Labute approximate surface area is 98.7 Å². The Balaban J connectivity index is 1.97. The summed E-state index contributed by atoms with van der Waals surface area (Å²) in [6.07, 6.45) is 2.64. The van der Waals surface area contributed by atoms with E-state index < -0.39 is 0 Å². The van der Waals surface area contributed by atoms with Gasteiger partial charge < -0.3 is 5.32 Å². The second-order valence-electron chi connectivity index (χ2n) is 4.79. The van der Waals surface area contributed by atoms with Crippen LogP contribution in [-0.2, 0) is 6.54 Å². The van der Waals surface area contributed by atoms with Gasteiger partial charge in [0.25, 0.3) is 0 Å². The van der Waals surface area contributed by atoms with Crippen molar-refractivity contribution in [2.75, 3.05) is 20.1 Å². The van der Waals surface area contributed by atoms with Crippen molar-refractivity contribution in [3.8, 4) is 0 Å². The summed E-state index contributed by atoms with van der Waals surface area (Å²) in [7, 11) is 2.07. The molecule has 0 spiro atoms. The van der Waals surface area contributed by atoms with E-state index in [1.807, 2.05) is 0 Å². The Morgan fingerprint density at radius 3 is 2.94 bits per heavy atom. The summed E-state index contributed by atoms with van der Waals surface area (Å²) < 4.78 is 0. The van der Waals surface area contributed by atoms with Crippen LogP contribution in [0.4, 0.5) is 0 Å². The molecule has 0 amide bonds. The highest BCUT2D eigenvalue weighted by Crippen LogP contribution is 2.15. The van der Waals surface area contributed by atoms with E-state index in [9.17, 15) is 0 Å². The van der Waals surface area contributed by atoms with Crippen molar-refractivity contribution in [1.82, 2.24) is 10.2 Å². The Morgan fingerprint density at radius 1 is 1.38 bits per heavy atom. The Hall–Kier alpha value is -0.860. The molecule has 1 aliphatic heterocycles. The lowest BCUT2D eigenvalue weighted by molar-refractivity contribution is 0.187. The summed E-state index contributed by atoms with van der Waals surface area (Å²) in [4.78, 5) is 2.56. The fourth-order valence-electron chi connectivity index (χ4n) is 2.46. The van der Waals surface area contributed by atoms with E-state index in [0.717, 1.165) is 6.54 Å². The standard InChI is InChI=1S/C14H22N2/c1-12-6-3-4-7-13(12)10-16-9-5-8-14(11-16)15-2/h3-4,6-7,14-15H,5,8-11H2,1-2H3/t14-/m0/s1. The molecule has 0 aliphatic carbocycles. The lowest BCUT2D eigenvalue weighted by Gasteiger charge is -2.32. The third-order valence-electron chi connectivity index (χ3n) is 3.57. The highest BCUT2D eigenvalue weighted by atomic mass is 15.2. The number of likely N-dealkylation sites (tertiary alicyclic amines) is 1. The second-order valence-corrected chi connectivity index (χ2v) is 4.79. The first-order chi connectivity index (χ1) is 7.79. The lowest BCUT2D eigenvalue weighted by atomic mass is 10.0. The first-order valence-corrected chi connectivity index (χ1v) is 6.23. The number of likely N-dealkylation sites (N-methyl/N-ethyl adjacent to an activating group) is 1. The van der Waals surface area contributed by atoms with Gasteiger partial charge in [0, 0.05) is 19.1 Å². The fourth-order valence-corrected chi connectivity index (χ4v) is 2.46. The molecule has 0 radical (unpaired) electrons. The largest absolute Gasteiger partial charge is 0.316 e. The SMILES string of the molecule is CN[C@H]1CCCN(Cc2ccccc2C)C1. The summed E-state index contributed by atoms with van der Waals surface area (Å²) in [5, 5.41) is 3.39. The summed E-state index contributed by atoms with van der Waals surface area (Å²) in [5.74, 6) is 0. The van der Waals surface area contributed by atoms with Crippen LogP contribution in [0.1, 0.15) is 24.0 Å². The second kappa shape index (κ2) is 5.46. The number of nitrogens with one attached hydrogen (secondary N) is 1. The molecule has 88 valence electrons. The van der Waals surface area contributed by atoms with Crippen molar-refractivity contribution in [2.45, 2.75) is 32.4 Å². The monoisotopic (exact) mass is 218 g/mol. The number of aryl methyl sites for hydroxylation is 1. The quantitative estimate of drug-likeness (QED) is 0.836. The molecule has 1 aromatic carbocycles. The molecule has 2 heteroatoms. The molecule has 2 rings (SSSR count). The molecule has 1 aliphatic rings. The molecule has 0 bridgehead atoms. The zero-order valence-electron chi connectivity index (χ0n) is 10.4. The maximum Gasteiger partial charge on any atom is 0.0237 e. The van der Waals surface area contributed by atoms with Crippen molar-refractivity contribution in [3.05, 3.63) is 35.4 Å². The van der Waals surface area contributed by atoms with Crippen LogP contribution in [0, 0.1) is 6.92 Å². The van der Waals surface area contributed by atoms with Crippen LogP contribution in [0.3, 0.4) is 0 Å². The number of benzene rings is 1. The predicted molar refractivity (Wildman–Crippen MR) is 68.5 cm³/mol. The molecule has 2 nitrogen and oxygen atoms in total. The molecule has 1 N–H and O–H groups in total. The van der Waals surface area contributed by atoms with Gasteiger partial charge in [-0.25, -0.2) is 0 Å². The average Bonchev–Trinajstić information content (AvgIpc) is 2.32. The average molecular weight is 218 g/mol. The van der Waals surface area contributed by atoms with Gasteiger partial charge in [0.2, 0.25) is 0 Å². The molecular formula is C14H22N2. The van der Waals surface area contributed by atoms with E-state index in [0.29, 0.717) is 6.04 Å². The smallest absolute Gasteiger partial charge is 0.0237 e. The van der Waals surface area contributed by atoms with Crippen LogP contribution in [0.2, 0.25) is 0 Å². The van der Waals surface area contributed by atoms with Gasteiger partial charge >= 0.3 is 0 Å². The summed E-state index contributed by atoms with van der Waals surface area (Å²) in [5.41, 5.74) is 2.88. The first-order valence-electron chi connectivity index (χ1n) is 6.23.